The molecule has 2 unspecified atom stereocenters. The van der Waals surface area contributed by atoms with E-state index >= 15 is 0 Å². The Hall–Kier alpha value is -0.580. The lowest BCUT2D eigenvalue weighted by molar-refractivity contribution is 0.202. The average molecular weight is 328 g/mol. The van der Waals surface area contributed by atoms with Crippen LogP contribution >= 0.6 is 11.6 Å². The van der Waals surface area contributed by atoms with Gasteiger partial charge >= 0.3 is 0 Å². The van der Waals surface area contributed by atoms with Crippen molar-refractivity contribution in [2.24, 2.45) is 5.92 Å². The Balaban J connectivity index is 2.00. The first-order chi connectivity index (χ1) is 10.0. The molecule has 1 heterocycles. The van der Waals surface area contributed by atoms with Crippen LogP contribution in [-0.2, 0) is 15.9 Å². The Bertz CT molecular complexity index is 629. The van der Waals surface area contributed by atoms with Gasteiger partial charge in [0.1, 0.15) is 0 Å². The van der Waals surface area contributed by atoms with Gasteiger partial charge < -0.3 is 0 Å². The van der Waals surface area contributed by atoms with E-state index in [0.29, 0.717) is 23.2 Å². The summed E-state index contributed by atoms with van der Waals surface area (Å²) in [5.41, 5.74) is 1.67. The number of rotatable bonds is 3. The summed E-state index contributed by atoms with van der Waals surface area (Å²) in [6, 6.07) is 5.72. The summed E-state index contributed by atoms with van der Waals surface area (Å²) >= 11 is 5.87. The zero-order valence-electron chi connectivity index (χ0n) is 12.4. The van der Waals surface area contributed by atoms with Crippen molar-refractivity contribution in [2.75, 3.05) is 6.54 Å². The van der Waals surface area contributed by atoms with E-state index < -0.39 is 10.0 Å². The van der Waals surface area contributed by atoms with Crippen molar-refractivity contribution in [1.29, 1.82) is 0 Å². The summed E-state index contributed by atoms with van der Waals surface area (Å²) in [4.78, 5) is 0.438. The highest BCUT2D eigenvalue weighted by atomic mass is 35.5. The molecule has 1 saturated carbocycles. The number of hydrogen-bond acceptors (Lipinski definition) is 2. The largest absolute Gasteiger partial charge is 0.243 e. The monoisotopic (exact) mass is 327 g/mol. The molecular formula is C16H22ClNO2S. The van der Waals surface area contributed by atoms with Crippen LogP contribution in [-0.4, -0.2) is 25.3 Å². The van der Waals surface area contributed by atoms with Crippen molar-refractivity contribution < 1.29 is 8.42 Å². The molecule has 0 spiro atoms. The molecule has 2 aliphatic rings. The molecule has 3 nitrogen and oxygen atoms in total. The molecule has 0 radical (unpaired) electrons. The van der Waals surface area contributed by atoms with Crippen LogP contribution in [0.2, 0.25) is 0 Å². The van der Waals surface area contributed by atoms with Gasteiger partial charge in [-0.1, -0.05) is 18.6 Å². The summed E-state index contributed by atoms with van der Waals surface area (Å²) in [5.74, 6) is 0.902. The van der Waals surface area contributed by atoms with Crippen molar-refractivity contribution in [1.82, 2.24) is 4.31 Å². The summed E-state index contributed by atoms with van der Waals surface area (Å²) < 4.78 is 28.0. The summed E-state index contributed by atoms with van der Waals surface area (Å²) in [6.45, 7) is 2.52. The van der Waals surface area contributed by atoms with Crippen LogP contribution in [0.5, 0.6) is 0 Å². The first-order valence-corrected chi connectivity index (χ1v) is 9.69. The van der Waals surface area contributed by atoms with Gasteiger partial charge in [-0.15, -0.1) is 11.6 Å². The Labute approximate surface area is 132 Å². The highest BCUT2D eigenvalue weighted by molar-refractivity contribution is 7.89. The lowest BCUT2D eigenvalue weighted by Gasteiger charge is -2.37. The van der Waals surface area contributed by atoms with E-state index in [-0.39, 0.29) is 6.04 Å². The van der Waals surface area contributed by atoms with Crippen LogP contribution in [0.1, 0.15) is 43.2 Å². The standard InChI is InChI=1S/C16H22ClNO2S/c1-12-7-8-13(11-17)10-16(12)21(19,20)18-9-3-5-14-4-2-6-15(14)18/h7-8,10,14-15H,2-6,9,11H2,1H3. The van der Waals surface area contributed by atoms with Crippen LogP contribution < -0.4 is 0 Å². The molecule has 1 aliphatic heterocycles. The van der Waals surface area contributed by atoms with Crippen molar-refractivity contribution in [3.8, 4) is 0 Å². The molecule has 0 aromatic heterocycles. The third-order valence-corrected chi connectivity index (χ3v) is 7.31. The Morgan fingerprint density at radius 2 is 2.00 bits per heavy atom. The van der Waals surface area contributed by atoms with E-state index in [2.05, 4.69) is 0 Å². The van der Waals surface area contributed by atoms with E-state index in [9.17, 15) is 8.42 Å². The number of hydrogen-bond donors (Lipinski definition) is 0. The van der Waals surface area contributed by atoms with Gasteiger partial charge in [0.15, 0.2) is 0 Å². The van der Waals surface area contributed by atoms with E-state index in [1.165, 1.54) is 12.8 Å². The predicted octanol–water partition coefficient (Wildman–Crippen LogP) is 3.69. The molecule has 1 aromatic carbocycles. The summed E-state index contributed by atoms with van der Waals surface area (Å²) in [7, 11) is -3.40. The van der Waals surface area contributed by atoms with Gasteiger partial charge in [-0.05, 0) is 55.7 Å². The fraction of sp³-hybridized carbons (Fsp3) is 0.625. The molecule has 116 valence electrons. The second-order valence-electron chi connectivity index (χ2n) is 6.25. The molecule has 0 N–H and O–H groups in total. The Kier molecular flexibility index (Phi) is 4.30. The van der Waals surface area contributed by atoms with Crippen LogP contribution in [0.3, 0.4) is 0 Å². The molecule has 2 fully saturated rings. The van der Waals surface area contributed by atoms with Gasteiger partial charge in [-0.3, -0.25) is 0 Å². The van der Waals surface area contributed by atoms with E-state index in [1.807, 2.05) is 19.1 Å². The van der Waals surface area contributed by atoms with E-state index in [4.69, 9.17) is 11.6 Å². The minimum absolute atomic E-state index is 0.211. The minimum Gasteiger partial charge on any atom is -0.207 e. The van der Waals surface area contributed by atoms with Gasteiger partial charge in [0.2, 0.25) is 10.0 Å². The zero-order chi connectivity index (χ0) is 15.0. The molecule has 0 bridgehead atoms. The second kappa shape index (κ2) is 5.90. The lowest BCUT2D eigenvalue weighted by atomic mass is 9.94. The second-order valence-corrected chi connectivity index (χ2v) is 8.38. The number of fused-ring (bicyclic) bond motifs is 1. The van der Waals surface area contributed by atoms with Gasteiger partial charge in [-0.2, -0.15) is 4.31 Å². The molecule has 1 aromatic rings. The third kappa shape index (κ3) is 2.73. The van der Waals surface area contributed by atoms with E-state index in [1.54, 1.807) is 10.4 Å². The molecule has 5 heteroatoms. The quantitative estimate of drug-likeness (QED) is 0.794. The van der Waals surface area contributed by atoms with Crippen LogP contribution in [0.4, 0.5) is 0 Å². The molecule has 2 atom stereocenters. The number of nitrogens with zero attached hydrogens (tertiary/aromatic N) is 1. The maximum absolute atomic E-state index is 13.1. The number of benzene rings is 1. The Morgan fingerprint density at radius 1 is 1.24 bits per heavy atom. The molecule has 1 aliphatic carbocycles. The van der Waals surface area contributed by atoms with Crippen LogP contribution in [0.25, 0.3) is 0 Å². The first kappa shape index (κ1) is 15.3. The van der Waals surface area contributed by atoms with Crippen molar-refractivity contribution in [2.45, 2.75) is 55.8 Å². The third-order valence-electron chi connectivity index (χ3n) is 4.94. The molecular weight excluding hydrogens is 306 g/mol. The molecule has 3 rings (SSSR count). The maximum atomic E-state index is 13.1. The summed E-state index contributed by atoms with van der Waals surface area (Å²) in [6.07, 6.45) is 5.50. The SMILES string of the molecule is Cc1ccc(CCl)cc1S(=O)(=O)N1CCCC2CCCC21. The number of sulfonamides is 1. The highest BCUT2D eigenvalue weighted by Crippen LogP contribution is 2.39. The van der Waals surface area contributed by atoms with Crippen LogP contribution in [0, 0.1) is 12.8 Å². The van der Waals surface area contributed by atoms with Crippen molar-refractivity contribution >= 4 is 21.6 Å². The molecule has 0 amide bonds. The average Bonchev–Trinajstić information content (AvgIpc) is 2.95. The lowest BCUT2D eigenvalue weighted by Crippen LogP contribution is -2.46. The smallest absolute Gasteiger partial charge is 0.207 e. The van der Waals surface area contributed by atoms with Crippen LogP contribution in [0.15, 0.2) is 23.1 Å². The maximum Gasteiger partial charge on any atom is 0.243 e. The van der Waals surface area contributed by atoms with Gasteiger partial charge in [0, 0.05) is 18.5 Å². The molecule has 1 saturated heterocycles. The van der Waals surface area contributed by atoms with Crippen molar-refractivity contribution in [3.05, 3.63) is 29.3 Å². The normalized spacial score (nSPS) is 26.8. The number of halogens is 1. The predicted molar refractivity (Wildman–Crippen MR) is 85.0 cm³/mol. The topological polar surface area (TPSA) is 37.4 Å². The fourth-order valence-corrected chi connectivity index (χ4v) is 6.04. The van der Waals surface area contributed by atoms with Crippen molar-refractivity contribution in [3.63, 3.8) is 0 Å². The van der Waals surface area contributed by atoms with E-state index in [0.717, 1.165) is 30.4 Å². The van der Waals surface area contributed by atoms with Gasteiger partial charge in [0.05, 0.1) is 4.90 Å². The Morgan fingerprint density at radius 3 is 2.76 bits per heavy atom. The van der Waals surface area contributed by atoms with Gasteiger partial charge in [0.25, 0.3) is 0 Å². The fourth-order valence-electron chi connectivity index (χ4n) is 3.84. The zero-order valence-corrected chi connectivity index (χ0v) is 14.0. The minimum atomic E-state index is -3.40. The number of aryl methyl sites for hydroxylation is 1. The molecule has 21 heavy (non-hydrogen) atoms. The van der Waals surface area contributed by atoms with Gasteiger partial charge in [-0.25, -0.2) is 8.42 Å². The first-order valence-electron chi connectivity index (χ1n) is 7.71. The highest BCUT2D eigenvalue weighted by Gasteiger charge is 2.41. The summed E-state index contributed by atoms with van der Waals surface area (Å²) in [5, 5.41) is 0. The number of alkyl halides is 1. The number of piperidine rings is 1.